The third kappa shape index (κ3) is 5.40. The van der Waals surface area contributed by atoms with Gasteiger partial charge in [0.2, 0.25) is 5.91 Å². The number of urea groups is 1. The number of esters is 1. The Kier molecular flexibility index (Phi) is 6.85. The summed E-state index contributed by atoms with van der Waals surface area (Å²) in [6.45, 7) is 3.03. The zero-order valence-electron chi connectivity index (χ0n) is 15.7. The van der Waals surface area contributed by atoms with Gasteiger partial charge in [-0.3, -0.25) is 9.36 Å². The van der Waals surface area contributed by atoms with Crippen molar-refractivity contribution >= 4 is 29.3 Å². The van der Waals surface area contributed by atoms with Gasteiger partial charge in [0.1, 0.15) is 12.4 Å². The molecule has 1 unspecified atom stereocenters. The van der Waals surface area contributed by atoms with E-state index >= 15 is 0 Å². The molecule has 3 N–H and O–H groups in total. The first kappa shape index (κ1) is 20.6. The number of amides is 2. The predicted molar refractivity (Wildman–Crippen MR) is 101 cm³/mol. The first-order valence-corrected chi connectivity index (χ1v) is 8.32. The third-order valence-electron chi connectivity index (χ3n) is 3.91. The summed E-state index contributed by atoms with van der Waals surface area (Å²) < 4.78 is 6.01. The van der Waals surface area contributed by atoms with Crippen LogP contribution in [0.3, 0.4) is 0 Å². The number of hydrogen-bond acceptors (Lipinski definition) is 7. The number of hydrogen-bond donors (Lipinski definition) is 3. The summed E-state index contributed by atoms with van der Waals surface area (Å²) >= 11 is 0. The molecule has 1 heterocycles. The fourth-order valence-corrected chi connectivity index (χ4v) is 2.36. The second-order valence-electron chi connectivity index (χ2n) is 5.93. The summed E-state index contributed by atoms with van der Waals surface area (Å²) in [6.07, 6.45) is 2.89. The number of carbonyl (C=O) groups is 3. The summed E-state index contributed by atoms with van der Waals surface area (Å²) in [5, 5.41) is 17.0. The summed E-state index contributed by atoms with van der Waals surface area (Å²) in [6, 6.07) is 5.02. The van der Waals surface area contributed by atoms with E-state index in [1.807, 2.05) is 0 Å². The van der Waals surface area contributed by atoms with Gasteiger partial charge in [0.05, 0.1) is 18.5 Å². The van der Waals surface area contributed by atoms with Gasteiger partial charge < -0.3 is 20.6 Å². The number of oxime groups is 1. The lowest BCUT2D eigenvalue weighted by molar-refractivity contribution is -0.142. The number of imidazole rings is 1. The Hall–Kier alpha value is -3.69. The van der Waals surface area contributed by atoms with Crippen molar-refractivity contribution in [1.29, 1.82) is 0 Å². The standard InChI is InChI=1S/C18H21N5O5/c1-11(22-27)13-4-6-14(7-5-13)20-18(26)21-16(17(25)28-3)8-15-9-23(10-19-15)12(2)24/h4-7,9-10,16,27H,8H2,1-3H3,(H2,20,21,26)/b22-11+. The lowest BCUT2D eigenvalue weighted by Crippen LogP contribution is -2.45. The van der Waals surface area contributed by atoms with Crippen LogP contribution in [-0.4, -0.2) is 51.5 Å². The van der Waals surface area contributed by atoms with Crippen molar-refractivity contribution in [3.63, 3.8) is 0 Å². The van der Waals surface area contributed by atoms with E-state index in [1.54, 1.807) is 31.2 Å². The van der Waals surface area contributed by atoms with E-state index in [2.05, 4.69) is 20.8 Å². The summed E-state index contributed by atoms with van der Waals surface area (Å²) in [5.41, 5.74) is 2.07. The normalized spacial score (nSPS) is 12.2. The van der Waals surface area contributed by atoms with E-state index in [1.165, 1.54) is 31.1 Å². The first-order valence-electron chi connectivity index (χ1n) is 8.32. The van der Waals surface area contributed by atoms with Gasteiger partial charge in [-0.25, -0.2) is 14.6 Å². The number of benzene rings is 1. The second-order valence-corrected chi connectivity index (χ2v) is 5.93. The quantitative estimate of drug-likeness (QED) is 0.298. The Balaban J connectivity index is 2.03. The largest absolute Gasteiger partial charge is 0.467 e. The van der Waals surface area contributed by atoms with Gasteiger partial charge in [-0.1, -0.05) is 17.3 Å². The van der Waals surface area contributed by atoms with E-state index in [9.17, 15) is 14.4 Å². The Morgan fingerprint density at radius 3 is 2.46 bits per heavy atom. The number of methoxy groups -OCH3 is 1. The van der Waals surface area contributed by atoms with Gasteiger partial charge in [-0.05, 0) is 24.6 Å². The number of nitrogens with one attached hydrogen (secondary N) is 2. The van der Waals surface area contributed by atoms with E-state index < -0.39 is 18.0 Å². The average molecular weight is 387 g/mol. The molecule has 1 aromatic carbocycles. The number of aromatic nitrogens is 2. The Morgan fingerprint density at radius 1 is 1.25 bits per heavy atom. The van der Waals surface area contributed by atoms with Crippen LogP contribution in [0.25, 0.3) is 0 Å². The second kappa shape index (κ2) is 9.31. The van der Waals surface area contributed by atoms with E-state index in [0.717, 1.165) is 0 Å². The van der Waals surface area contributed by atoms with Crippen LogP contribution in [0, 0.1) is 0 Å². The Bertz CT molecular complexity index is 888. The summed E-state index contributed by atoms with van der Waals surface area (Å²) in [4.78, 5) is 39.6. The van der Waals surface area contributed by atoms with Crippen molar-refractivity contribution in [3.05, 3.63) is 48.0 Å². The molecule has 10 nitrogen and oxygen atoms in total. The van der Waals surface area contributed by atoms with E-state index in [4.69, 9.17) is 9.94 Å². The minimum atomic E-state index is -0.983. The topological polar surface area (TPSA) is 135 Å². The molecule has 1 atom stereocenters. The Morgan fingerprint density at radius 2 is 1.93 bits per heavy atom. The molecule has 0 aliphatic carbocycles. The summed E-state index contributed by atoms with van der Waals surface area (Å²) in [5.74, 6) is -0.860. The zero-order chi connectivity index (χ0) is 20.7. The van der Waals surface area contributed by atoms with Crippen molar-refractivity contribution in [2.24, 2.45) is 5.16 Å². The molecule has 10 heteroatoms. The van der Waals surface area contributed by atoms with Gasteiger partial charge >= 0.3 is 12.0 Å². The number of ether oxygens (including phenoxy) is 1. The molecular formula is C18H21N5O5. The lowest BCUT2D eigenvalue weighted by atomic mass is 10.1. The number of rotatable bonds is 6. The fraction of sp³-hybridized carbons (Fsp3) is 0.278. The lowest BCUT2D eigenvalue weighted by Gasteiger charge is -2.16. The van der Waals surface area contributed by atoms with Gasteiger partial charge in [-0.15, -0.1) is 0 Å². The maximum Gasteiger partial charge on any atom is 0.328 e. The molecule has 2 rings (SSSR count). The van der Waals surface area contributed by atoms with Gasteiger partial charge in [-0.2, -0.15) is 0 Å². The molecule has 2 aromatic rings. The van der Waals surface area contributed by atoms with Crippen LogP contribution < -0.4 is 10.6 Å². The van der Waals surface area contributed by atoms with Gasteiger partial charge in [0.15, 0.2) is 0 Å². The molecule has 0 aliphatic rings. The van der Waals surface area contributed by atoms with Gasteiger partial charge in [0, 0.05) is 25.2 Å². The van der Waals surface area contributed by atoms with Crippen LogP contribution in [0.1, 0.15) is 29.9 Å². The van der Waals surface area contributed by atoms with E-state index in [-0.39, 0.29) is 12.3 Å². The van der Waals surface area contributed by atoms with Crippen molar-refractivity contribution in [1.82, 2.24) is 14.9 Å². The minimum Gasteiger partial charge on any atom is -0.467 e. The molecule has 1 aromatic heterocycles. The summed E-state index contributed by atoms with van der Waals surface area (Å²) in [7, 11) is 1.22. The molecule has 28 heavy (non-hydrogen) atoms. The van der Waals surface area contributed by atoms with Crippen molar-refractivity contribution in [3.8, 4) is 0 Å². The highest BCUT2D eigenvalue weighted by molar-refractivity contribution is 5.99. The minimum absolute atomic E-state index is 0.0610. The molecule has 0 saturated heterocycles. The SMILES string of the molecule is COC(=O)C(Cc1cn(C(C)=O)cn1)NC(=O)Nc1ccc(/C(C)=N/O)cc1. The Labute approximate surface area is 161 Å². The average Bonchev–Trinajstić information content (AvgIpc) is 3.15. The molecule has 2 amide bonds. The highest BCUT2D eigenvalue weighted by atomic mass is 16.5. The highest BCUT2D eigenvalue weighted by Crippen LogP contribution is 2.11. The molecule has 0 bridgehead atoms. The van der Waals surface area contributed by atoms with Crippen LogP contribution in [0.4, 0.5) is 10.5 Å². The first-order chi connectivity index (χ1) is 13.3. The molecule has 0 aliphatic heterocycles. The molecule has 0 fully saturated rings. The third-order valence-corrected chi connectivity index (χ3v) is 3.91. The van der Waals surface area contributed by atoms with E-state index in [0.29, 0.717) is 22.7 Å². The molecular weight excluding hydrogens is 366 g/mol. The van der Waals surface area contributed by atoms with Crippen molar-refractivity contribution < 1.29 is 24.3 Å². The fourth-order valence-electron chi connectivity index (χ4n) is 2.36. The van der Waals surface area contributed by atoms with Crippen LogP contribution in [0.2, 0.25) is 0 Å². The van der Waals surface area contributed by atoms with Gasteiger partial charge in [0.25, 0.3) is 0 Å². The predicted octanol–water partition coefficient (Wildman–Crippen LogP) is 1.65. The van der Waals surface area contributed by atoms with Crippen LogP contribution >= 0.6 is 0 Å². The maximum absolute atomic E-state index is 12.2. The van der Waals surface area contributed by atoms with Crippen LogP contribution in [0.15, 0.2) is 41.9 Å². The number of anilines is 1. The molecule has 0 saturated carbocycles. The maximum atomic E-state index is 12.2. The highest BCUT2D eigenvalue weighted by Gasteiger charge is 2.23. The van der Waals surface area contributed by atoms with Crippen molar-refractivity contribution in [2.45, 2.75) is 26.3 Å². The monoisotopic (exact) mass is 387 g/mol. The van der Waals surface area contributed by atoms with Crippen LogP contribution in [-0.2, 0) is 16.0 Å². The molecule has 0 radical (unpaired) electrons. The number of nitrogens with zero attached hydrogens (tertiary/aromatic N) is 3. The zero-order valence-corrected chi connectivity index (χ0v) is 15.7. The number of carbonyl (C=O) groups excluding carboxylic acids is 3. The van der Waals surface area contributed by atoms with Crippen LogP contribution in [0.5, 0.6) is 0 Å². The molecule has 148 valence electrons. The smallest absolute Gasteiger partial charge is 0.328 e. The van der Waals surface area contributed by atoms with Crippen molar-refractivity contribution in [2.75, 3.05) is 12.4 Å². The molecule has 0 spiro atoms.